The van der Waals surface area contributed by atoms with Gasteiger partial charge in [0.1, 0.15) is 11.1 Å². The van der Waals surface area contributed by atoms with Gasteiger partial charge in [-0.25, -0.2) is 4.68 Å². The quantitative estimate of drug-likeness (QED) is 0.745. The van der Waals surface area contributed by atoms with E-state index >= 15 is 0 Å². The second kappa shape index (κ2) is 6.84. The Kier molecular flexibility index (Phi) is 4.38. The Morgan fingerprint density at radius 1 is 1.08 bits per heavy atom. The number of thioether (sulfide) groups is 1. The van der Waals surface area contributed by atoms with Gasteiger partial charge in [-0.05, 0) is 31.0 Å². The van der Waals surface area contributed by atoms with E-state index in [0.717, 1.165) is 22.6 Å². The lowest BCUT2D eigenvalue weighted by atomic mass is 10.0. The normalized spacial score (nSPS) is 18.7. The van der Waals surface area contributed by atoms with Crippen LogP contribution in [0.25, 0.3) is 0 Å². The molecule has 132 valence electrons. The molecule has 0 aliphatic carbocycles. The number of aromatic nitrogens is 3. The second-order valence-corrected chi connectivity index (χ2v) is 7.33. The molecule has 2 aromatic carbocycles. The summed E-state index contributed by atoms with van der Waals surface area (Å²) < 4.78 is 1.85. The van der Waals surface area contributed by atoms with Gasteiger partial charge in [0.2, 0.25) is 11.1 Å². The number of rotatable bonds is 3. The summed E-state index contributed by atoms with van der Waals surface area (Å²) >= 11 is 1.43. The van der Waals surface area contributed by atoms with Crippen LogP contribution in [0.15, 0.2) is 59.8 Å². The van der Waals surface area contributed by atoms with Gasteiger partial charge in [0.05, 0.1) is 6.04 Å². The fourth-order valence-electron chi connectivity index (χ4n) is 2.99. The molecule has 0 unspecified atom stereocenters. The number of hydrogen-bond acceptors (Lipinski definition) is 5. The first kappa shape index (κ1) is 16.7. The molecule has 0 saturated heterocycles. The third-order valence-corrected chi connectivity index (χ3v) is 5.63. The first-order valence-corrected chi connectivity index (χ1v) is 9.28. The largest absolute Gasteiger partial charge is 0.325 e. The molecule has 6 nitrogen and oxygen atoms in total. The number of amides is 1. The third-order valence-electron chi connectivity index (χ3n) is 4.42. The smallest absolute Gasteiger partial charge is 0.240 e. The number of fused-ring (bicyclic) bond motifs is 1. The zero-order valence-corrected chi connectivity index (χ0v) is 15.3. The number of nitrogens with one attached hydrogen (secondary N) is 2. The van der Waals surface area contributed by atoms with Crippen molar-refractivity contribution in [2.24, 2.45) is 0 Å². The van der Waals surface area contributed by atoms with Crippen molar-refractivity contribution >= 4 is 23.4 Å². The lowest BCUT2D eigenvalue weighted by molar-refractivity contribution is -0.116. The van der Waals surface area contributed by atoms with E-state index in [4.69, 9.17) is 0 Å². The van der Waals surface area contributed by atoms with Crippen molar-refractivity contribution in [3.8, 4) is 0 Å². The van der Waals surface area contributed by atoms with Crippen molar-refractivity contribution in [3.63, 3.8) is 0 Å². The summed E-state index contributed by atoms with van der Waals surface area (Å²) in [6.07, 6.45) is 0. The second-order valence-electron chi connectivity index (χ2n) is 6.23. The number of para-hydroxylation sites is 1. The van der Waals surface area contributed by atoms with Crippen molar-refractivity contribution in [2.75, 3.05) is 10.7 Å². The predicted octanol–water partition coefficient (Wildman–Crippen LogP) is 3.29. The lowest BCUT2D eigenvalue weighted by Crippen LogP contribution is -2.41. The Hall–Kier alpha value is -2.80. The summed E-state index contributed by atoms with van der Waals surface area (Å²) in [5.41, 5.74) is 6.31. The van der Waals surface area contributed by atoms with Crippen LogP contribution in [-0.2, 0) is 4.79 Å². The van der Waals surface area contributed by atoms with Gasteiger partial charge < -0.3 is 10.7 Å². The Morgan fingerprint density at radius 3 is 2.58 bits per heavy atom. The van der Waals surface area contributed by atoms with Crippen molar-refractivity contribution in [1.29, 1.82) is 0 Å². The van der Waals surface area contributed by atoms with Crippen molar-refractivity contribution in [2.45, 2.75) is 30.3 Å². The van der Waals surface area contributed by atoms with E-state index in [1.165, 1.54) is 11.8 Å². The molecule has 1 aliphatic rings. The van der Waals surface area contributed by atoms with E-state index in [0.29, 0.717) is 5.16 Å². The van der Waals surface area contributed by atoms with Gasteiger partial charge in [-0.15, -0.1) is 10.2 Å². The molecule has 2 N–H and O–H groups in total. The zero-order chi connectivity index (χ0) is 18.1. The van der Waals surface area contributed by atoms with E-state index in [9.17, 15) is 4.79 Å². The van der Waals surface area contributed by atoms with Crippen molar-refractivity contribution < 1.29 is 4.79 Å². The van der Waals surface area contributed by atoms with Crippen LogP contribution in [0.3, 0.4) is 0 Å². The number of carbonyl (C=O) groups is 1. The molecule has 2 heterocycles. The van der Waals surface area contributed by atoms with Gasteiger partial charge in [0, 0.05) is 5.69 Å². The van der Waals surface area contributed by atoms with Crippen LogP contribution >= 0.6 is 11.8 Å². The van der Waals surface area contributed by atoms with Gasteiger partial charge in [-0.2, -0.15) is 0 Å². The van der Waals surface area contributed by atoms with Crippen LogP contribution in [0.5, 0.6) is 0 Å². The molecular formula is C19H19N5OS. The number of nitrogens with zero attached hydrogens (tertiary/aromatic N) is 3. The van der Waals surface area contributed by atoms with Crippen LogP contribution in [0.1, 0.15) is 23.0 Å². The molecule has 2 atom stereocenters. The molecule has 0 bridgehead atoms. The topological polar surface area (TPSA) is 71.8 Å². The van der Waals surface area contributed by atoms with Gasteiger partial charge in [0.15, 0.2) is 0 Å². The van der Waals surface area contributed by atoms with Crippen LogP contribution < -0.4 is 10.7 Å². The average Bonchev–Trinajstić information content (AvgIpc) is 3.03. The number of anilines is 1. The van der Waals surface area contributed by atoms with Crippen molar-refractivity contribution in [3.05, 3.63) is 71.5 Å². The van der Waals surface area contributed by atoms with Crippen LogP contribution in [0.4, 0.5) is 5.69 Å². The number of benzene rings is 2. The van der Waals surface area contributed by atoms with E-state index in [1.54, 1.807) is 0 Å². The number of carbonyl (C=O) groups excluding carboxylic acids is 1. The Labute approximate surface area is 156 Å². The molecule has 7 heteroatoms. The minimum absolute atomic E-state index is 0.0578. The molecule has 1 aromatic heterocycles. The van der Waals surface area contributed by atoms with Crippen molar-refractivity contribution in [1.82, 2.24) is 14.9 Å². The van der Waals surface area contributed by atoms with Gasteiger partial charge in [-0.3, -0.25) is 4.79 Å². The van der Waals surface area contributed by atoms with Crippen LogP contribution in [0.2, 0.25) is 0 Å². The molecule has 0 fully saturated rings. The summed E-state index contributed by atoms with van der Waals surface area (Å²) in [6.45, 7) is 3.87. The molecule has 0 spiro atoms. The summed E-state index contributed by atoms with van der Waals surface area (Å²) in [5.74, 6) is 0.712. The minimum atomic E-state index is -0.367. The highest BCUT2D eigenvalue weighted by Crippen LogP contribution is 2.37. The van der Waals surface area contributed by atoms with Gasteiger partial charge in [-0.1, -0.05) is 60.3 Å². The zero-order valence-electron chi connectivity index (χ0n) is 14.5. The predicted molar refractivity (Wildman–Crippen MR) is 103 cm³/mol. The van der Waals surface area contributed by atoms with Gasteiger partial charge >= 0.3 is 0 Å². The summed E-state index contributed by atoms with van der Waals surface area (Å²) in [5, 5.41) is 11.7. The molecule has 0 saturated carbocycles. The SMILES string of the molecule is Cc1ccccc1NC(=O)[C@H]1Sc2nnc(C)n2N[C@H]1c1ccccc1. The standard InChI is InChI=1S/C19H19N5OS/c1-12-8-6-7-11-15(12)20-18(25)17-16(14-9-4-3-5-10-14)23-24-13(2)21-22-19(24)26-17/h3-11,16-17,23H,1-2H3,(H,20,25)/t16-,17-/m0/s1. The first-order chi connectivity index (χ1) is 12.6. The van der Waals surface area contributed by atoms with E-state index in [-0.39, 0.29) is 17.2 Å². The first-order valence-electron chi connectivity index (χ1n) is 8.40. The maximum absolute atomic E-state index is 13.1. The molecule has 26 heavy (non-hydrogen) atoms. The highest BCUT2D eigenvalue weighted by molar-refractivity contribution is 8.00. The molecule has 3 aromatic rings. The Bertz CT molecular complexity index is 940. The number of aryl methyl sites for hydroxylation is 2. The van der Waals surface area contributed by atoms with Crippen LogP contribution in [-0.4, -0.2) is 26.0 Å². The maximum atomic E-state index is 13.1. The highest BCUT2D eigenvalue weighted by atomic mass is 32.2. The molecular weight excluding hydrogens is 346 g/mol. The monoisotopic (exact) mass is 365 g/mol. The fraction of sp³-hybridized carbons (Fsp3) is 0.211. The Morgan fingerprint density at radius 2 is 1.81 bits per heavy atom. The highest BCUT2D eigenvalue weighted by Gasteiger charge is 2.37. The third kappa shape index (κ3) is 3.06. The molecule has 4 rings (SSSR count). The van der Waals surface area contributed by atoms with E-state index in [2.05, 4.69) is 20.9 Å². The average molecular weight is 365 g/mol. The molecule has 1 amide bonds. The van der Waals surface area contributed by atoms with Crippen LogP contribution in [0, 0.1) is 13.8 Å². The summed E-state index contributed by atoms with van der Waals surface area (Å²) in [7, 11) is 0. The fourth-order valence-corrected chi connectivity index (χ4v) is 4.11. The minimum Gasteiger partial charge on any atom is -0.325 e. The molecule has 0 radical (unpaired) electrons. The number of hydrogen-bond donors (Lipinski definition) is 2. The van der Waals surface area contributed by atoms with E-state index in [1.807, 2.05) is 73.1 Å². The lowest BCUT2D eigenvalue weighted by Gasteiger charge is -2.32. The van der Waals surface area contributed by atoms with E-state index < -0.39 is 0 Å². The maximum Gasteiger partial charge on any atom is 0.240 e. The summed E-state index contributed by atoms with van der Waals surface area (Å²) in [4.78, 5) is 13.1. The summed E-state index contributed by atoms with van der Waals surface area (Å²) in [6, 6.07) is 17.6. The Balaban J connectivity index is 1.67. The molecule has 1 aliphatic heterocycles. The van der Waals surface area contributed by atoms with Gasteiger partial charge in [0.25, 0.3) is 0 Å².